The molecule has 0 aromatic heterocycles. The van der Waals surface area contributed by atoms with E-state index in [1.54, 1.807) is 0 Å². The maximum absolute atomic E-state index is 10.8. The summed E-state index contributed by atoms with van der Waals surface area (Å²) in [4.78, 5) is 10.8. The smallest absolute Gasteiger partial charge is 0.303 e. The summed E-state index contributed by atoms with van der Waals surface area (Å²) < 4.78 is 0. The lowest BCUT2D eigenvalue weighted by Crippen LogP contribution is -2.39. The summed E-state index contributed by atoms with van der Waals surface area (Å²) in [5.41, 5.74) is 0. The molecule has 2 bridgehead atoms. The molecule has 2 rings (SSSR count). The molecular weight excluding hydrogens is 196 g/mol. The van der Waals surface area contributed by atoms with E-state index in [9.17, 15) is 4.79 Å². The molecule has 0 radical (unpaired) electrons. The fourth-order valence-corrected chi connectivity index (χ4v) is 4.66. The zero-order valence-electron chi connectivity index (χ0n) is 8.61. The second kappa shape index (κ2) is 4.13. The Balaban J connectivity index is 2.04. The second-order valence-electron chi connectivity index (χ2n) is 4.90. The Morgan fingerprint density at radius 2 is 1.93 bits per heavy atom. The molecule has 1 heterocycles. The Morgan fingerprint density at radius 3 is 2.43 bits per heavy atom. The van der Waals surface area contributed by atoms with Crippen molar-refractivity contribution in [1.82, 2.24) is 0 Å². The summed E-state index contributed by atoms with van der Waals surface area (Å²) in [5.74, 6) is 4.43. The van der Waals surface area contributed by atoms with E-state index in [1.807, 2.05) is 11.8 Å². The van der Waals surface area contributed by atoms with E-state index in [2.05, 4.69) is 6.92 Å². The lowest BCUT2D eigenvalue weighted by atomic mass is 9.68. The number of aliphatic carboxylic acids is 1. The van der Waals surface area contributed by atoms with Crippen LogP contribution in [-0.2, 0) is 4.79 Å². The van der Waals surface area contributed by atoms with Gasteiger partial charge in [-0.3, -0.25) is 4.79 Å². The van der Waals surface area contributed by atoms with Gasteiger partial charge in [0.25, 0.3) is 0 Å². The van der Waals surface area contributed by atoms with Crippen LogP contribution in [0.4, 0.5) is 0 Å². The van der Waals surface area contributed by atoms with Gasteiger partial charge in [-0.25, -0.2) is 0 Å². The standard InChI is InChI=1S/C11H18O2S/c1-7-2-8-5-14-6-9(3-7)10(8)4-11(12)13/h7-10H,2-6H2,1H3,(H,12,13). The number of fused-ring (bicyclic) bond motifs is 2. The Bertz CT molecular complexity index is 215. The van der Waals surface area contributed by atoms with Crippen LogP contribution >= 0.6 is 11.8 Å². The van der Waals surface area contributed by atoms with Gasteiger partial charge in [0.1, 0.15) is 0 Å². The van der Waals surface area contributed by atoms with Gasteiger partial charge in [0.2, 0.25) is 0 Å². The van der Waals surface area contributed by atoms with E-state index in [4.69, 9.17) is 5.11 Å². The number of carbonyl (C=O) groups is 1. The first kappa shape index (κ1) is 10.3. The van der Waals surface area contributed by atoms with E-state index < -0.39 is 5.97 Å². The minimum absolute atomic E-state index is 0.405. The van der Waals surface area contributed by atoms with Crippen LogP contribution in [0.3, 0.4) is 0 Å². The largest absolute Gasteiger partial charge is 0.481 e. The first-order valence-corrected chi connectivity index (χ1v) is 6.62. The van der Waals surface area contributed by atoms with Crippen LogP contribution in [0.15, 0.2) is 0 Å². The lowest BCUT2D eigenvalue weighted by Gasteiger charge is -2.44. The molecule has 2 unspecified atom stereocenters. The Morgan fingerprint density at radius 1 is 1.36 bits per heavy atom. The topological polar surface area (TPSA) is 37.3 Å². The lowest BCUT2D eigenvalue weighted by molar-refractivity contribution is -0.139. The zero-order chi connectivity index (χ0) is 10.1. The molecule has 3 heteroatoms. The number of carboxylic acids is 1. The van der Waals surface area contributed by atoms with Crippen LogP contribution in [0.1, 0.15) is 26.2 Å². The molecule has 1 aliphatic carbocycles. The predicted molar refractivity (Wildman–Crippen MR) is 58.4 cm³/mol. The van der Waals surface area contributed by atoms with Gasteiger partial charge in [0.05, 0.1) is 0 Å². The van der Waals surface area contributed by atoms with E-state index in [0.29, 0.717) is 24.2 Å². The monoisotopic (exact) mass is 214 g/mol. The van der Waals surface area contributed by atoms with Crippen molar-refractivity contribution in [1.29, 1.82) is 0 Å². The van der Waals surface area contributed by atoms with Crippen molar-refractivity contribution in [2.45, 2.75) is 26.2 Å². The van der Waals surface area contributed by atoms with Crippen LogP contribution in [0.25, 0.3) is 0 Å². The van der Waals surface area contributed by atoms with Gasteiger partial charge >= 0.3 is 5.97 Å². The maximum Gasteiger partial charge on any atom is 0.303 e. The van der Waals surface area contributed by atoms with E-state index in [-0.39, 0.29) is 0 Å². The Hall–Kier alpha value is -0.180. The number of hydrogen-bond acceptors (Lipinski definition) is 2. The fraction of sp³-hybridized carbons (Fsp3) is 0.909. The molecule has 0 aromatic carbocycles. The molecule has 2 aliphatic rings. The highest BCUT2D eigenvalue weighted by atomic mass is 32.2. The maximum atomic E-state index is 10.8. The Kier molecular flexibility index (Phi) is 3.05. The quantitative estimate of drug-likeness (QED) is 0.767. The number of rotatable bonds is 2. The molecule has 14 heavy (non-hydrogen) atoms. The van der Waals surface area contributed by atoms with Gasteiger partial charge < -0.3 is 5.11 Å². The first-order valence-electron chi connectivity index (χ1n) is 5.46. The molecule has 2 atom stereocenters. The normalized spacial score (nSPS) is 42.1. The number of thioether (sulfide) groups is 1. The summed E-state index contributed by atoms with van der Waals surface area (Å²) >= 11 is 2.03. The summed E-state index contributed by atoms with van der Waals surface area (Å²) in [6.45, 7) is 2.31. The summed E-state index contributed by atoms with van der Waals surface area (Å²) in [6, 6.07) is 0. The molecule has 2 fully saturated rings. The molecule has 2 nitrogen and oxygen atoms in total. The van der Waals surface area contributed by atoms with Crippen molar-refractivity contribution in [3.63, 3.8) is 0 Å². The molecule has 1 aliphatic heterocycles. The highest BCUT2D eigenvalue weighted by Crippen LogP contribution is 2.46. The number of carboxylic acid groups (broad SMARTS) is 1. The van der Waals surface area contributed by atoms with Crippen LogP contribution in [-0.4, -0.2) is 22.6 Å². The van der Waals surface area contributed by atoms with E-state index in [1.165, 1.54) is 24.3 Å². The van der Waals surface area contributed by atoms with Crippen molar-refractivity contribution in [2.24, 2.45) is 23.7 Å². The molecule has 0 spiro atoms. The van der Waals surface area contributed by atoms with Crippen LogP contribution < -0.4 is 0 Å². The average Bonchev–Trinajstić information content (AvgIpc) is 2.05. The van der Waals surface area contributed by atoms with Crippen LogP contribution in [0.5, 0.6) is 0 Å². The highest BCUT2D eigenvalue weighted by molar-refractivity contribution is 7.99. The SMILES string of the molecule is CC1CC2CSCC(C1)C2CC(=O)O. The van der Waals surface area contributed by atoms with Crippen molar-refractivity contribution >= 4 is 17.7 Å². The van der Waals surface area contributed by atoms with Crippen molar-refractivity contribution in [3.8, 4) is 0 Å². The number of hydrogen-bond donors (Lipinski definition) is 1. The third-order valence-corrected chi connectivity index (χ3v) is 5.02. The van der Waals surface area contributed by atoms with Gasteiger partial charge in [-0.15, -0.1) is 0 Å². The summed E-state index contributed by atoms with van der Waals surface area (Å²) in [5, 5.41) is 8.88. The zero-order valence-corrected chi connectivity index (χ0v) is 9.43. The molecule has 0 amide bonds. The first-order chi connectivity index (χ1) is 6.66. The third-order valence-electron chi connectivity index (χ3n) is 3.70. The highest BCUT2D eigenvalue weighted by Gasteiger charge is 2.39. The van der Waals surface area contributed by atoms with E-state index in [0.717, 1.165) is 5.92 Å². The fourth-order valence-electron chi connectivity index (χ4n) is 3.15. The summed E-state index contributed by atoms with van der Waals surface area (Å²) in [6.07, 6.45) is 2.91. The van der Waals surface area contributed by atoms with Gasteiger partial charge in [0, 0.05) is 6.42 Å². The minimum atomic E-state index is -0.605. The average molecular weight is 214 g/mol. The van der Waals surface area contributed by atoms with Crippen LogP contribution in [0, 0.1) is 23.7 Å². The van der Waals surface area contributed by atoms with Crippen molar-refractivity contribution in [2.75, 3.05) is 11.5 Å². The van der Waals surface area contributed by atoms with Gasteiger partial charge in [-0.05, 0) is 48.0 Å². The molecule has 1 saturated heterocycles. The van der Waals surface area contributed by atoms with Crippen molar-refractivity contribution < 1.29 is 9.90 Å². The Labute approximate surface area is 89.5 Å². The van der Waals surface area contributed by atoms with Crippen LogP contribution in [0.2, 0.25) is 0 Å². The second-order valence-corrected chi connectivity index (χ2v) is 5.97. The molecular formula is C11H18O2S. The minimum Gasteiger partial charge on any atom is -0.481 e. The molecule has 0 aromatic rings. The predicted octanol–water partition coefficient (Wildman–Crippen LogP) is 2.49. The molecule has 80 valence electrons. The van der Waals surface area contributed by atoms with Gasteiger partial charge in [-0.2, -0.15) is 11.8 Å². The third kappa shape index (κ3) is 2.08. The summed E-state index contributed by atoms with van der Waals surface area (Å²) in [7, 11) is 0. The molecule has 1 N–H and O–H groups in total. The van der Waals surface area contributed by atoms with E-state index >= 15 is 0 Å². The van der Waals surface area contributed by atoms with Gasteiger partial charge in [0.15, 0.2) is 0 Å². The van der Waals surface area contributed by atoms with Crippen molar-refractivity contribution in [3.05, 3.63) is 0 Å². The molecule has 1 saturated carbocycles. The van der Waals surface area contributed by atoms with Gasteiger partial charge in [-0.1, -0.05) is 6.92 Å².